The van der Waals surface area contributed by atoms with Gasteiger partial charge in [-0.15, -0.1) is 11.3 Å². The fourth-order valence-corrected chi connectivity index (χ4v) is 1.95. The number of nitriles is 1. The molecule has 0 aliphatic carbocycles. The second-order valence-electron chi connectivity index (χ2n) is 3.50. The highest BCUT2D eigenvalue weighted by atomic mass is 32.1. The molecule has 2 heterocycles. The van der Waals surface area contributed by atoms with Crippen LogP contribution < -0.4 is 5.32 Å². The molecule has 2 aromatic rings. The van der Waals surface area contributed by atoms with Gasteiger partial charge in [0.05, 0.1) is 22.5 Å². The second-order valence-corrected chi connectivity index (χ2v) is 4.22. The smallest absolute Gasteiger partial charge is 0.144 e. The van der Waals surface area contributed by atoms with E-state index in [1.165, 1.54) is 11.3 Å². The van der Waals surface area contributed by atoms with E-state index in [-0.39, 0.29) is 0 Å². The molecule has 0 fully saturated rings. The maximum atomic E-state index is 9.00. The molecule has 0 amide bonds. The van der Waals surface area contributed by atoms with Crippen molar-refractivity contribution in [3.8, 4) is 17.5 Å². The van der Waals surface area contributed by atoms with E-state index in [9.17, 15) is 0 Å². The van der Waals surface area contributed by atoms with Crippen molar-refractivity contribution in [3.63, 3.8) is 0 Å². The Hall–Kier alpha value is -1.93. The molecule has 2 aromatic heterocycles. The number of rotatable bonds is 4. The number of hydrogen-bond donors (Lipinski definition) is 1. The van der Waals surface area contributed by atoms with E-state index >= 15 is 0 Å². The van der Waals surface area contributed by atoms with Crippen LogP contribution in [0.25, 0.3) is 11.4 Å². The molecule has 86 valence electrons. The molecule has 0 bridgehead atoms. The molecule has 0 radical (unpaired) electrons. The van der Waals surface area contributed by atoms with Gasteiger partial charge in [-0.05, 0) is 18.6 Å². The molecular weight excluding hydrogens is 232 g/mol. The van der Waals surface area contributed by atoms with Crippen molar-refractivity contribution in [2.24, 2.45) is 0 Å². The molecule has 0 aliphatic heterocycles. The number of nitrogens with zero attached hydrogens (tertiary/aromatic N) is 3. The second kappa shape index (κ2) is 5.41. The summed E-state index contributed by atoms with van der Waals surface area (Å²) in [5.41, 5.74) is 3.98. The van der Waals surface area contributed by atoms with Crippen molar-refractivity contribution < 1.29 is 0 Å². The number of aromatic nitrogens is 2. The van der Waals surface area contributed by atoms with Gasteiger partial charge in [-0.1, -0.05) is 6.92 Å². The number of pyridine rings is 1. The van der Waals surface area contributed by atoms with E-state index in [0.29, 0.717) is 11.4 Å². The first kappa shape index (κ1) is 11.6. The molecule has 0 aliphatic rings. The summed E-state index contributed by atoms with van der Waals surface area (Å²) in [4.78, 5) is 8.64. The number of anilines is 1. The minimum atomic E-state index is 0.567. The first-order valence-corrected chi connectivity index (χ1v) is 6.33. The Balaban J connectivity index is 2.35. The summed E-state index contributed by atoms with van der Waals surface area (Å²) in [6.45, 7) is 2.88. The molecule has 2 rings (SSSR count). The molecule has 0 saturated carbocycles. The predicted octanol–water partition coefficient (Wildman–Crippen LogP) is 2.90. The average Bonchev–Trinajstić information content (AvgIpc) is 2.89. The molecule has 0 atom stereocenters. The summed E-state index contributed by atoms with van der Waals surface area (Å²) in [5.74, 6) is 0.639. The number of nitrogens with one attached hydrogen (secondary N) is 1. The van der Waals surface area contributed by atoms with E-state index in [1.54, 1.807) is 11.6 Å². The maximum absolute atomic E-state index is 9.00. The van der Waals surface area contributed by atoms with Crippen LogP contribution >= 0.6 is 11.3 Å². The third kappa shape index (κ3) is 2.60. The highest BCUT2D eigenvalue weighted by molar-refractivity contribution is 7.07. The summed E-state index contributed by atoms with van der Waals surface area (Å²) < 4.78 is 0. The Morgan fingerprint density at radius 1 is 1.41 bits per heavy atom. The van der Waals surface area contributed by atoms with Gasteiger partial charge in [0.15, 0.2) is 0 Å². The molecule has 17 heavy (non-hydrogen) atoms. The van der Waals surface area contributed by atoms with Crippen molar-refractivity contribution >= 4 is 17.2 Å². The van der Waals surface area contributed by atoms with Crippen LogP contribution in [0.15, 0.2) is 23.0 Å². The zero-order valence-electron chi connectivity index (χ0n) is 9.47. The first-order chi connectivity index (χ1) is 8.35. The zero-order valence-corrected chi connectivity index (χ0v) is 10.3. The molecule has 5 heteroatoms. The molecule has 0 aromatic carbocycles. The van der Waals surface area contributed by atoms with Crippen LogP contribution in [0.5, 0.6) is 0 Å². The van der Waals surface area contributed by atoms with Gasteiger partial charge < -0.3 is 5.32 Å². The third-order valence-corrected chi connectivity index (χ3v) is 2.84. The summed E-state index contributed by atoms with van der Waals surface area (Å²) in [5, 5.41) is 14.1. The van der Waals surface area contributed by atoms with Gasteiger partial charge in [0.1, 0.15) is 11.9 Å². The summed E-state index contributed by atoms with van der Waals surface area (Å²) in [6, 6.07) is 5.74. The van der Waals surface area contributed by atoms with Crippen LogP contribution in [0.1, 0.15) is 18.9 Å². The number of thiazole rings is 1. The van der Waals surface area contributed by atoms with Gasteiger partial charge in [0.2, 0.25) is 0 Å². The quantitative estimate of drug-likeness (QED) is 0.898. The highest BCUT2D eigenvalue weighted by Gasteiger charge is 2.07. The normalized spacial score (nSPS) is 9.88. The van der Waals surface area contributed by atoms with Crippen LogP contribution in [-0.4, -0.2) is 16.5 Å². The van der Waals surface area contributed by atoms with E-state index in [1.807, 2.05) is 11.4 Å². The SMILES string of the molecule is CCCNc1nc(-c2cscn2)ccc1C#N. The lowest BCUT2D eigenvalue weighted by molar-refractivity contribution is 0.968. The van der Waals surface area contributed by atoms with Crippen LogP contribution in [-0.2, 0) is 0 Å². The van der Waals surface area contributed by atoms with Gasteiger partial charge >= 0.3 is 0 Å². The molecule has 1 N–H and O–H groups in total. The van der Waals surface area contributed by atoms with Crippen molar-refractivity contribution in [1.29, 1.82) is 5.26 Å². The van der Waals surface area contributed by atoms with Crippen LogP contribution in [0.3, 0.4) is 0 Å². The van der Waals surface area contributed by atoms with E-state index < -0.39 is 0 Å². The molecule has 0 spiro atoms. The lowest BCUT2D eigenvalue weighted by Gasteiger charge is -2.07. The van der Waals surface area contributed by atoms with Gasteiger partial charge in [0, 0.05) is 11.9 Å². The van der Waals surface area contributed by atoms with Crippen molar-refractivity contribution in [1.82, 2.24) is 9.97 Å². The Labute approximate surface area is 104 Å². The number of hydrogen-bond acceptors (Lipinski definition) is 5. The molecule has 0 saturated heterocycles. The van der Waals surface area contributed by atoms with E-state index in [2.05, 4.69) is 28.3 Å². The van der Waals surface area contributed by atoms with E-state index in [4.69, 9.17) is 5.26 Å². The largest absolute Gasteiger partial charge is 0.369 e. The highest BCUT2D eigenvalue weighted by Crippen LogP contribution is 2.21. The van der Waals surface area contributed by atoms with Gasteiger partial charge in [0.25, 0.3) is 0 Å². The zero-order chi connectivity index (χ0) is 12.1. The van der Waals surface area contributed by atoms with Crippen LogP contribution in [0, 0.1) is 11.3 Å². The minimum absolute atomic E-state index is 0.567. The van der Waals surface area contributed by atoms with Crippen LogP contribution in [0.2, 0.25) is 0 Å². The summed E-state index contributed by atoms with van der Waals surface area (Å²) in [6.07, 6.45) is 0.994. The standard InChI is InChI=1S/C12H12N4S/c1-2-5-14-12-9(6-13)3-4-10(16-12)11-7-17-8-15-11/h3-4,7-8H,2,5H2,1H3,(H,14,16). The summed E-state index contributed by atoms with van der Waals surface area (Å²) in [7, 11) is 0. The van der Waals surface area contributed by atoms with E-state index in [0.717, 1.165) is 24.4 Å². The first-order valence-electron chi connectivity index (χ1n) is 5.38. The monoisotopic (exact) mass is 244 g/mol. The third-order valence-electron chi connectivity index (χ3n) is 2.25. The fraction of sp³-hybridized carbons (Fsp3) is 0.250. The Kier molecular flexibility index (Phi) is 3.68. The topological polar surface area (TPSA) is 61.6 Å². The van der Waals surface area contributed by atoms with Crippen molar-refractivity contribution in [2.75, 3.05) is 11.9 Å². The summed E-state index contributed by atoms with van der Waals surface area (Å²) >= 11 is 1.53. The molecule has 4 nitrogen and oxygen atoms in total. The maximum Gasteiger partial charge on any atom is 0.144 e. The van der Waals surface area contributed by atoms with Crippen molar-refractivity contribution in [3.05, 3.63) is 28.6 Å². The minimum Gasteiger partial charge on any atom is -0.369 e. The van der Waals surface area contributed by atoms with Gasteiger partial charge in [-0.3, -0.25) is 0 Å². The lowest BCUT2D eigenvalue weighted by Crippen LogP contribution is -2.04. The Morgan fingerprint density at radius 2 is 2.29 bits per heavy atom. The predicted molar refractivity (Wildman–Crippen MR) is 68.8 cm³/mol. The van der Waals surface area contributed by atoms with Crippen molar-refractivity contribution in [2.45, 2.75) is 13.3 Å². The average molecular weight is 244 g/mol. The van der Waals surface area contributed by atoms with Gasteiger partial charge in [-0.2, -0.15) is 5.26 Å². The Bertz CT molecular complexity index is 528. The fourth-order valence-electron chi connectivity index (χ4n) is 1.41. The molecule has 0 unspecified atom stereocenters. The Morgan fingerprint density at radius 3 is 2.94 bits per heavy atom. The molecular formula is C12H12N4S. The van der Waals surface area contributed by atoms with Gasteiger partial charge in [-0.25, -0.2) is 9.97 Å². The van der Waals surface area contributed by atoms with Crippen LogP contribution in [0.4, 0.5) is 5.82 Å². The lowest BCUT2D eigenvalue weighted by atomic mass is 10.2.